The molecule has 0 saturated heterocycles. The van der Waals surface area contributed by atoms with Crippen molar-refractivity contribution in [3.8, 4) is 0 Å². The molecule has 1 aromatic heterocycles. The molecule has 1 atom stereocenters. The van der Waals surface area contributed by atoms with E-state index in [0.29, 0.717) is 0 Å². The van der Waals surface area contributed by atoms with Crippen molar-refractivity contribution < 1.29 is 4.42 Å². The summed E-state index contributed by atoms with van der Waals surface area (Å²) in [4.78, 5) is 5.09. The van der Waals surface area contributed by atoms with Crippen molar-refractivity contribution in [3.05, 3.63) is 94.0 Å². The molecule has 0 fully saturated rings. The van der Waals surface area contributed by atoms with E-state index in [4.69, 9.17) is 4.42 Å². The van der Waals surface area contributed by atoms with Gasteiger partial charge < -0.3 is 14.2 Å². The van der Waals surface area contributed by atoms with E-state index in [1.165, 1.54) is 97.4 Å². The second-order valence-corrected chi connectivity index (χ2v) is 24.2. The van der Waals surface area contributed by atoms with Gasteiger partial charge in [0.25, 0.3) is 6.71 Å². The lowest BCUT2D eigenvalue weighted by molar-refractivity contribution is 0.332. The molecule has 0 radical (unpaired) electrons. The topological polar surface area (TPSA) is 19.6 Å². The first-order valence-electron chi connectivity index (χ1n) is 20.7. The van der Waals surface area contributed by atoms with Gasteiger partial charge in [0.2, 0.25) is 0 Å². The van der Waals surface area contributed by atoms with Gasteiger partial charge in [-0.2, -0.15) is 0 Å². The van der Waals surface area contributed by atoms with E-state index in [1.807, 2.05) is 0 Å². The van der Waals surface area contributed by atoms with E-state index in [1.54, 1.807) is 0 Å². The zero-order valence-electron chi connectivity index (χ0n) is 35.9. The molecule has 0 bridgehead atoms. The van der Waals surface area contributed by atoms with Crippen molar-refractivity contribution >= 4 is 85.3 Å². The molecule has 4 aliphatic rings. The van der Waals surface area contributed by atoms with E-state index >= 15 is 0 Å². The molecule has 9 rings (SSSR count). The molecule has 55 heavy (non-hydrogen) atoms. The average molecular weight is 843 g/mol. The van der Waals surface area contributed by atoms with Gasteiger partial charge in [0, 0.05) is 38.6 Å². The summed E-state index contributed by atoms with van der Waals surface area (Å²) in [6.07, 6.45) is 4.72. The van der Waals surface area contributed by atoms with Gasteiger partial charge in [0.1, 0.15) is 5.58 Å². The average Bonchev–Trinajstić information content (AvgIpc) is 3.47. The second-order valence-electron chi connectivity index (χ2n) is 21.8. The first-order valence-corrected chi connectivity index (χ1v) is 21.8. The highest BCUT2D eigenvalue weighted by molar-refractivity contribution is 14.1. The highest BCUT2D eigenvalue weighted by Crippen LogP contribution is 2.54. The first-order chi connectivity index (χ1) is 25.4. The molecule has 0 amide bonds. The summed E-state index contributed by atoms with van der Waals surface area (Å²) in [6.45, 7) is 31.0. The molecule has 3 nitrogen and oxygen atoms in total. The van der Waals surface area contributed by atoms with Crippen LogP contribution in [0.25, 0.3) is 11.0 Å². The molecule has 2 aliphatic carbocycles. The molecule has 0 saturated carbocycles. The Labute approximate surface area is 344 Å². The SMILES string of the molecule is CN1c2cc3c(cc2B2c4oc5cc6c(cc5c4N(c4ccc(C(C)(C)C)cc4)c4cc(C(C)(C)C)cc1c42)C(C)(I)CCC6(C)C)C(C)(C)CCC3(C)C. The molecule has 5 aromatic rings. The van der Waals surface area contributed by atoms with E-state index in [9.17, 15) is 0 Å². The highest BCUT2D eigenvalue weighted by atomic mass is 127. The van der Waals surface area contributed by atoms with E-state index in [2.05, 4.69) is 190 Å². The van der Waals surface area contributed by atoms with E-state index in [0.717, 1.165) is 17.7 Å². The fraction of sp³-hybridized carbons (Fsp3) is 0.480. The summed E-state index contributed by atoms with van der Waals surface area (Å²) in [5, 5.41) is 1.22. The molecular weight excluding hydrogens is 782 g/mol. The standard InChI is InChI=1S/C50H60BIN2O/c1-45(2,3)29-15-17-31(18-16-29)54-40-24-30(46(4,5)6)23-39-42(40)51(37-26-33-34(27-38(37)53(39)14)48(9,10)20-19-47(33,7)8)44-43(54)32-25-36-35(28-41(32)55-44)49(11,12)21-22-50(36,13)52/h15-18,23-28H,19-22H2,1-14H3. The quantitative estimate of drug-likeness (QED) is 0.0934. The lowest BCUT2D eigenvalue weighted by atomic mass is 9.35. The van der Waals surface area contributed by atoms with Crippen LogP contribution in [-0.4, -0.2) is 13.8 Å². The minimum atomic E-state index is -0.0435. The zero-order valence-corrected chi connectivity index (χ0v) is 38.0. The maximum atomic E-state index is 7.46. The van der Waals surface area contributed by atoms with Crippen LogP contribution < -0.4 is 26.4 Å². The molecular formula is C50H60BIN2O. The number of benzene rings is 4. The lowest BCUT2D eigenvalue weighted by Gasteiger charge is -2.46. The number of furan rings is 1. The molecule has 4 aromatic carbocycles. The molecule has 3 heterocycles. The van der Waals surface area contributed by atoms with Crippen LogP contribution in [-0.2, 0) is 30.5 Å². The van der Waals surface area contributed by atoms with Crippen LogP contribution in [0.5, 0.6) is 0 Å². The van der Waals surface area contributed by atoms with Gasteiger partial charge in [-0.25, -0.2) is 0 Å². The number of fused-ring (bicyclic) bond motifs is 8. The fourth-order valence-corrected chi connectivity index (χ4v) is 11.1. The Hall–Kier alpha value is -3.19. The van der Waals surface area contributed by atoms with Gasteiger partial charge in [0.15, 0.2) is 0 Å². The number of alkyl halides is 1. The molecule has 286 valence electrons. The van der Waals surface area contributed by atoms with Gasteiger partial charge in [-0.1, -0.05) is 124 Å². The van der Waals surface area contributed by atoms with Crippen molar-refractivity contribution in [2.45, 2.75) is 146 Å². The van der Waals surface area contributed by atoms with Gasteiger partial charge in [-0.3, -0.25) is 0 Å². The number of nitrogens with zero attached hydrogens (tertiary/aromatic N) is 2. The molecule has 0 N–H and O–H groups in total. The van der Waals surface area contributed by atoms with Crippen molar-refractivity contribution in [3.63, 3.8) is 0 Å². The number of anilines is 5. The highest BCUT2D eigenvalue weighted by Gasteiger charge is 2.49. The molecule has 5 heteroatoms. The van der Waals surface area contributed by atoms with Crippen LogP contribution in [0.15, 0.2) is 65.1 Å². The van der Waals surface area contributed by atoms with Gasteiger partial charge in [-0.05, 0) is 146 Å². The Morgan fingerprint density at radius 1 is 0.618 bits per heavy atom. The minimum Gasteiger partial charge on any atom is -0.468 e. The normalized spacial score (nSPS) is 21.8. The van der Waals surface area contributed by atoms with Crippen LogP contribution in [0.3, 0.4) is 0 Å². The molecule has 1 unspecified atom stereocenters. The van der Waals surface area contributed by atoms with Crippen molar-refractivity contribution in [2.24, 2.45) is 0 Å². The molecule has 2 aliphatic heterocycles. The predicted octanol–water partition coefficient (Wildman–Crippen LogP) is 12.5. The van der Waals surface area contributed by atoms with Crippen molar-refractivity contribution in [1.82, 2.24) is 0 Å². The van der Waals surface area contributed by atoms with E-state index in [-0.39, 0.29) is 37.2 Å². The first kappa shape index (κ1) is 37.4. The summed E-state index contributed by atoms with van der Waals surface area (Å²) in [6, 6.07) is 24.5. The van der Waals surface area contributed by atoms with Crippen molar-refractivity contribution in [2.75, 3.05) is 16.8 Å². The second kappa shape index (κ2) is 11.5. The summed E-state index contributed by atoms with van der Waals surface area (Å²) >= 11 is 2.73. The Bertz CT molecular complexity index is 2430. The summed E-state index contributed by atoms with van der Waals surface area (Å²) in [7, 11) is 2.30. The zero-order chi connectivity index (χ0) is 39.6. The van der Waals surface area contributed by atoms with Gasteiger partial charge >= 0.3 is 0 Å². The Morgan fingerprint density at radius 2 is 1.16 bits per heavy atom. The fourth-order valence-electron chi connectivity index (χ4n) is 10.4. The maximum Gasteiger partial charge on any atom is 0.297 e. The smallest absolute Gasteiger partial charge is 0.297 e. The van der Waals surface area contributed by atoms with Crippen LogP contribution in [0.4, 0.5) is 28.4 Å². The largest absolute Gasteiger partial charge is 0.468 e. The van der Waals surface area contributed by atoms with E-state index < -0.39 is 0 Å². The third kappa shape index (κ3) is 5.47. The number of halogens is 1. The Morgan fingerprint density at radius 3 is 1.76 bits per heavy atom. The van der Waals surface area contributed by atoms with Gasteiger partial charge in [-0.15, -0.1) is 0 Å². The lowest BCUT2D eigenvalue weighted by Crippen LogP contribution is -2.61. The predicted molar refractivity (Wildman–Crippen MR) is 246 cm³/mol. The maximum absolute atomic E-state index is 7.46. The Kier molecular flexibility index (Phi) is 7.80. The minimum absolute atomic E-state index is 0.0279. The third-order valence-corrected chi connectivity index (χ3v) is 15.5. The van der Waals surface area contributed by atoms with Gasteiger partial charge in [0.05, 0.1) is 11.3 Å². The summed E-state index contributed by atoms with van der Waals surface area (Å²) in [5.41, 5.74) is 20.0. The summed E-state index contributed by atoms with van der Waals surface area (Å²) in [5.74, 6) is 0. The van der Waals surface area contributed by atoms with Crippen LogP contribution in [0.1, 0.15) is 149 Å². The number of hydrogen-bond acceptors (Lipinski definition) is 3. The van der Waals surface area contributed by atoms with Crippen LogP contribution >= 0.6 is 22.6 Å². The third-order valence-electron chi connectivity index (χ3n) is 14.4. The monoisotopic (exact) mass is 842 g/mol. The summed E-state index contributed by atoms with van der Waals surface area (Å²) < 4.78 is 7.51. The number of hydrogen-bond donors (Lipinski definition) is 0. The van der Waals surface area contributed by atoms with Crippen LogP contribution in [0, 0.1) is 0 Å². The number of rotatable bonds is 1. The Balaban J connectivity index is 1.42. The molecule has 0 spiro atoms. The van der Waals surface area contributed by atoms with Crippen molar-refractivity contribution in [1.29, 1.82) is 0 Å². The van der Waals surface area contributed by atoms with Crippen LogP contribution in [0.2, 0.25) is 0 Å².